The zero-order valence-corrected chi connectivity index (χ0v) is 17.5. The first kappa shape index (κ1) is 22.9. The van der Waals surface area contributed by atoms with Gasteiger partial charge in [-0.25, -0.2) is 0 Å². The average molecular weight is 416 g/mol. The summed E-state index contributed by atoms with van der Waals surface area (Å²) in [6, 6.07) is 0.365. The van der Waals surface area contributed by atoms with E-state index in [0.29, 0.717) is 37.3 Å². The summed E-state index contributed by atoms with van der Waals surface area (Å²) in [5.41, 5.74) is 6.08. The van der Waals surface area contributed by atoms with Gasteiger partial charge in [-0.1, -0.05) is 0 Å². The van der Waals surface area contributed by atoms with Crippen molar-refractivity contribution in [1.29, 1.82) is 0 Å². The van der Waals surface area contributed by atoms with Gasteiger partial charge in [-0.05, 0) is 63.2 Å². The normalized spacial score (nSPS) is 34.6. The minimum absolute atomic E-state index is 0. The number of nitrogens with two attached hydrogens (primary N) is 1. The van der Waals surface area contributed by atoms with Crippen LogP contribution in [0.4, 0.5) is 0 Å². The summed E-state index contributed by atoms with van der Waals surface area (Å²) in [6.45, 7) is 0.560. The van der Waals surface area contributed by atoms with Gasteiger partial charge in [0.1, 0.15) is 0 Å². The molecule has 28 heavy (non-hydrogen) atoms. The Hall–Kier alpha value is -1.34. The number of methoxy groups -OCH3 is 1. The number of carbonyl (C=O) groups is 3. The molecule has 1 saturated heterocycles. The van der Waals surface area contributed by atoms with Gasteiger partial charge in [-0.15, -0.1) is 12.4 Å². The first-order chi connectivity index (χ1) is 13.0. The van der Waals surface area contributed by atoms with E-state index < -0.39 is 0 Å². The maximum atomic E-state index is 12.5. The van der Waals surface area contributed by atoms with Crippen LogP contribution in [0, 0.1) is 23.7 Å². The summed E-state index contributed by atoms with van der Waals surface area (Å²) in [4.78, 5) is 35.8. The number of hydrogen-bond donors (Lipinski definition) is 3. The Labute approximate surface area is 173 Å². The van der Waals surface area contributed by atoms with Crippen LogP contribution in [-0.4, -0.2) is 43.5 Å². The second-order valence-corrected chi connectivity index (χ2v) is 8.60. The van der Waals surface area contributed by atoms with Crippen LogP contribution < -0.4 is 16.4 Å². The molecule has 0 aromatic rings. The molecule has 3 rings (SSSR count). The monoisotopic (exact) mass is 415 g/mol. The standard InChI is InChI=1S/C20H33N3O4.ClH/c1-27-18(24)11-15-10-17(23-20(15)26)6-7-22-19(25)14-3-2-13-9-16(21)5-4-12(13)8-14;/h12-17H,2-11,21H2,1H3,(H,22,25)(H,23,26);1H/t12-,13+,14?,15+,16?,17-;/m1./s1. The van der Waals surface area contributed by atoms with Crippen LogP contribution in [0.3, 0.4) is 0 Å². The number of carbonyl (C=O) groups excluding carboxylic acids is 3. The molecule has 3 fully saturated rings. The van der Waals surface area contributed by atoms with Crippen LogP contribution >= 0.6 is 12.4 Å². The lowest BCUT2D eigenvalue weighted by atomic mass is 9.66. The van der Waals surface area contributed by atoms with Crippen molar-refractivity contribution < 1.29 is 19.1 Å². The highest BCUT2D eigenvalue weighted by atomic mass is 35.5. The van der Waals surface area contributed by atoms with Crippen LogP contribution in [0.1, 0.15) is 57.8 Å². The fourth-order valence-electron chi connectivity index (χ4n) is 5.16. The SMILES string of the molecule is COC(=O)C[C@@H]1C[C@@H](CCNC(=O)C2CC[C@H]3CC(N)CC[C@@H]3C2)NC1=O.Cl. The van der Waals surface area contributed by atoms with E-state index in [1.165, 1.54) is 7.11 Å². The maximum absolute atomic E-state index is 12.5. The number of nitrogens with one attached hydrogen (secondary N) is 2. The van der Waals surface area contributed by atoms with E-state index in [0.717, 1.165) is 38.5 Å². The fourth-order valence-corrected chi connectivity index (χ4v) is 5.16. The minimum Gasteiger partial charge on any atom is -0.469 e. The lowest BCUT2D eigenvalue weighted by molar-refractivity contribution is -0.143. The van der Waals surface area contributed by atoms with Gasteiger partial charge in [0.05, 0.1) is 19.4 Å². The average Bonchev–Trinajstić information content (AvgIpc) is 3.00. The van der Waals surface area contributed by atoms with Gasteiger partial charge in [0.15, 0.2) is 0 Å². The third-order valence-electron chi connectivity index (χ3n) is 6.74. The number of rotatable bonds is 6. The van der Waals surface area contributed by atoms with Crippen molar-refractivity contribution >= 4 is 30.2 Å². The Balaban J connectivity index is 0.00000280. The van der Waals surface area contributed by atoms with E-state index in [1.54, 1.807) is 0 Å². The van der Waals surface area contributed by atoms with Gasteiger partial charge in [-0.3, -0.25) is 14.4 Å². The lowest BCUT2D eigenvalue weighted by Gasteiger charge is -2.40. The predicted octanol–water partition coefficient (Wildman–Crippen LogP) is 1.53. The molecule has 0 spiro atoms. The molecule has 1 aliphatic heterocycles. The summed E-state index contributed by atoms with van der Waals surface area (Å²) in [5, 5.41) is 5.98. The molecule has 2 saturated carbocycles. The van der Waals surface area contributed by atoms with Crippen LogP contribution in [0.5, 0.6) is 0 Å². The van der Waals surface area contributed by atoms with Crippen molar-refractivity contribution in [2.75, 3.05) is 13.7 Å². The molecule has 0 bridgehead atoms. The van der Waals surface area contributed by atoms with Crippen molar-refractivity contribution in [3.05, 3.63) is 0 Å². The second kappa shape index (κ2) is 10.4. The molecule has 0 aromatic heterocycles. The minimum atomic E-state index is -0.358. The first-order valence-corrected chi connectivity index (χ1v) is 10.4. The van der Waals surface area contributed by atoms with Gasteiger partial charge < -0.3 is 21.1 Å². The fraction of sp³-hybridized carbons (Fsp3) is 0.850. The Morgan fingerprint density at radius 3 is 2.61 bits per heavy atom. The Bertz CT molecular complexity index is 574. The molecular weight excluding hydrogens is 382 g/mol. The van der Waals surface area contributed by atoms with Crippen LogP contribution in [0.25, 0.3) is 0 Å². The summed E-state index contributed by atoms with van der Waals surface area (Å²) < 4.78 is 4.64. The van der Waals surface area contributed by atoms with Crippen LogP contribution in [0.15, 0.2) is 0 Å². The summed E-state index contributed by atoms with van der Waals surface area (Å²) >= 11 is 0. The highest BCUT2D eigenvalue weighted by molar-refractivity contribution is 5.86. The molecule has 0 aromatic carbocycles. The molecule has 160 valence electrons. The van der Waals surface area contributed by atoms with Gasteiger partial charge in [0.25, 0.3) is 0 Å². The number of esters is 1. The molecule has 0 radical (unpaired) electrons. The predicted molar refractivity (Wildman–Crippen MR) is 108 cm³/mol. The van der Waals surface area contributed by atoms with Gasteiger partial charge in [-0.2, -0.15) is 0 Å². The molecule has 2 unspecified atom stereocenters. The van der Waals surface area contributed by atoms with E-state index in [9.17, 15) is 14.4 Å². The zero-order valence-electron chi connectivity index (χ0n) is 16.7. The van der Waals surface area contributed by atoms with Crippen molar-refractivity contribution in [2.45, 2.75) is 69.9 Å². The number of amides is 2. The molecule has 4 N–H and O–H groups in total. The zero-order chi connectivity index (χ0) is 19.4. The van der Waals surface area contributed by atoms with E-state index in [2.05, 4.69) is 15.4 Å². The first-order valence-electron chi connectivity index (χ1n) is 10.4. The summed E-state index contributed by atoms with van der Waals surface area (Å²) in [6.07, 6.45) is 7.87. The summed E-state index contributed by atoms with van der Waals surface area (Å²) in [5.74, 6) is 0.866. The quantitative estimate of drug-likeness (QED) is 0.569. The topological polar surface area (TPSA) is 111 Å². The Morgan fingerprint density at radius 2 is 1.86 bits per heavy atom. The number of ether oxygens (including phenoxy) is 1. The molecule has 2 amide bonds. The Morgan fingerprint density at radius 1 is 1.14 bits per heavy atom. The summed E-state index contributed by atoms with van der Waals surface area (Å²) in [7, 11) is 1.33. The van der Waals surface area contributed by atoms with Crippen molar-refractivity contribution in [2.24, 2.45) is 29.4 Å². The number of halogens is 1. The third kappa shape index (κ3) is 5.83. The smallest absolute Gasteiger partial charge is 0.306 e. The van der Waals surface area contributed by atoms with Crippen molar-refractivity contribution in [3.63, 3.8) is 0 Å². The van der Waals surface area contributed by atoms with E-state index >= 15 is 0 Å². The van der Waals surface area contributed by atoms with Crippen LogP contribution in [-0.2, 0) is 19.1 Å². The number of fused-ring (bicyclic) bond motifs is 1. The molecule has 1 heterocycles. The van der Waals surface area contributed by atoms with E-state index in [1.807, 2.05) is 0 Å². The molecule has 8 heteroatoms. The molecular formula is C20H34ClN3O4. The van der Waals surface area contributed by atoms with Crippen molar-refractivity contribution in [1.82, 2.24) is 10.6 Å². The maximum Gasteiger partial charge on any atom is 0.306 e. The molecule has 3 aliphatic rings. The molecule has 2 aliphatic carbocycles. The highest BCUT2D eigenvalue weighted by Crippen LogP contribution is 2.42. The van der Waals surface area contributed by atoms with E-state index in [4.69, 9.17) is 5.73 Å². The Kier molecular flexibility index (Phi) is 8.56. The number of hydrogen-bond acceptors (Lipinski definition) is 5. The molecule has 6 atom stereocenters. The second-order valence-electron chi connectivity index (χ2n) is 8.60. The van der Waals surface area contributed by atoms with Crippen molar-refractivity contribution in [3.8, 4) is 0 Å². The van der Waals surface area contributed by atoms with Gasteiger partial charge in [0, 0.05) is 24.5 Å². The lowest BCUT2D eigenvalue weighted by Crippen LogP contribution is -2.41. The third-order valence-corrected chi connectivity index (χ3v) is 6.74. The highest BCUT2D eigenvalue weighted by Gasteiger charge is 2.37. The largest absolute Gasteiger partial charge is 0.469 e. The van der Waals surface area contributed by atoms with Gasteiger partial charge >= 0.3 is 5.97 Å². The molecule has 7 nitrogen and oxygen atoms in total. The van der Waals surface area contributed by atoms with E-state index in [-0.39, 0.29) is 54.5 Å². The van der Waals surface area contributed by atoms with Crippen LogP contribution in [0.2, 0.25) is 0 Å². The van der Waals surface area contributed by atoms with Gasteiger partial charge in [0.2, 0.25) is 11.8 Å².